The lowest BCUT2D eigenvalue weighted by Crippen LogP contribution is -2.44. The summed E-state index contributed by atoms with van der Waals surface area (Å²) in [5, 5.41) is 16.1. The third-order valence-electron chi connectivity index (χ3n) is 7.97. The molecule has 0 spiro atoms. The number of halogens is 1. The van der Waals surface area contributed by atoms with Gasteiger partial charge in [-0.25, -0.2) is 5.48 Å². The number of amides is 5. The van der Waals surface area contributed by atoms with Gasteiger partial charge in [-0.1, -0.05) is 6.42 Å². The maximum Gasteiger partial charge on any atom is 0.261 e. The molecule has 2 aromatic carbocycles. The minimum absolute atomic E-state index is 0. The SMILES string of the molecule is Cl.NCCCCNCCCCNCCCN1C(=O)c2ccc3c4c(ccc(c24)C1=O)C(=O)N(CCCCCC(=O)NO)C3=O. The predicted molar refractivity (Wildman–Crippen MR) is 168 cm³/mol. The second kappa shape index (κ2) is 17.2. The average molecular weight is 631 g/mol. The topological polar surface area (TPSA) is 174 Å². The zero-order chi connectivity index (χ0) is 30.8. The fourth-order valence-electron chi connectivity index (χ4n) is 5.68. The van der Waals surface area contributed by atoms with Crippen LogP contribution in [0, 0.1) is 0 Å². The highest BCUT2D eigenvalue weighted by Gasteiger charge is 2.39. The van der Waals surface area contributed by atoms with Crippen LogP contribution in [0.4, 0.5) is 0 Å². The lowest BCUT2D eigenvalue weighted by molar-refractivity contribution is -0.129. The molecule has 2 aliphatic rings. The van der Waals surface area contributed by atoms with E-state index in [0.717, 1.165) is 51.9 Å². The Labute approximate surface area is 263 Å². The fourth-order valence-corrected chi connectivity index (χ4v) is 5.68. The first-order valence-corrected chi connectivity index (χ1v) is 15.3. The van der Waals surface area contributed by atoms with E-state index in [0.29, 0.717) is 65.3 Å². The molecule has 2 heterocycles. The van der Waals surface area contributed by atoms with Crippen molar-refractivity contribution < 1.29 is 29.2 Å². The molecule has 13 heteroatoms. The molecule has 5 amide bonds. The van der Waals surface area contributed by atoms with E-state index in [1.807, 2.05) is 0 Å². The number of nitrogens with one attached hydrogen (secondary N) is 3. The van der Waals surface area contributed by atoms with Crippen LogP contribution in [-0.4, -0.2) is 90.4 Å². The van der Waals surface area contributed by atoms with Gasteiger partial charge < -0.3 is 16.4 Å². The highest BCUT2D eigenvalue weighted by Crippen LogP contribution is 2.37. The van der Waals surface area contributed by atoms with Crippen LogP contribution in [0.2, 0.25) is 0 Å². The highest BCUT2D eigenvalue weighted by atomic mass is 35.5. The molecular formula is C31H43ClN6O6. The molecule has 0 aromatic heterocycles. The number of imide groups is 2. The lowest BCUT2D eigenvalue weighted by Gasteiger charge is -2.32. The van der Waals surface area contributed by atoms with Crippen molar-refractivity contribution in [1.29, 1.82) is 0 Å². The average Bonchev–Trinajstić information content (AvgIpc) is 3.01. The number of benzene rings is 2. The number of hydroxylamine groups is 1. The van der Waals surface area contributed by atoms with Gasteiger partial charge in [-0.2, -0.15) is 0 Å². The normalized spacial score (nSPS) is 14.0. The molecule has 0 radical (unpaired) electrons. The Morgan fingerprint density at radius 3 is 1.45 bits per heavy atom. The van der Waals surface area contributed by atoms with E-state index in [2.05, 4.69) is 10.6 Å². The smallest absolute Gasteiger partial charge is 0.261 e. The summed E-state index contributed by atoms with van der Waals surface area (Å²) in [4.78, 5) is 67.1. The number of nitrogens with zero attached hydrogens (tertiary/aromatic N) is 2. The van der Waals surface area contributed by atoms with Gasteiger partial charge in [-0.15, -0.1) is 12.4 Å². The van der Waals surface area contributed by atoms with Crippen molar-refractivity contribution in [3.63, 3.8) is 0 Å². The number of carbonyl (C=O) groups is 5. The molecular weight excluding hydrogens is 588 g/mol. The monoisotopic (exact) mass is 630 g/mol. The molecule has 12 nitrogen and oxygen atoms in total. The summed E-state index contributed by atoms with van der Waals surface area (Å²) in [6, 6.07) is 6.29. The van der Waals surface area contributed by atoms with Crippen molar-refractivity contribution in [2.24, 2.45) is 5.73 Å². The lowest BCUT2D eigenvalue weighted by atomic mass is 9.86. The minimum Gasteiger partial charge on any atom is -0.330 e. The Morgan fingerprint density at radius 2 is 1.02 bits per heavy atom. The van der Waals surface area contributed by atoms with Crippen LogP contribution in [0.3, 0.4) is 0 Å². The van der Waals surface area contributed by atoms with Gasteiger partial charge in [-0.3, -0.25) is 39.0 Å². The molecule has 240 valence electrons. The minimum atomic E-state index is -0.484. The summed E-state index contributed by atoms with van der Waals surface area (Å²) in [6.45, 7) is 4.67. The maximum atomic E-state index is 13.4. The zero-order valence-corrected chi connectivity index (χ0v) is 25.8. The van der Waals surface area contributed by atoms with Crippen LogP contribution in [0.15, 0.2) is 24.3 Å². The number of unbranched alkanes of at least 4 members (excludes halogenated alkanes) is 4. The first-order chi connectivity index (χ1) is 20.9. The summed E-state index contributed by atoms with van der Waals surface area (Å²) < 4.78 is 0. The van der Waals surface area contributed by atoms with Gasteiger partial charge in [0, 0.05) is 52.5 Å². The predicted octanol–water partition coefficient (Wildman–Crippen LogP) is 2.61. The Hall–Kier alpha value is -3.42. The number of hydrogen-bond donors (Lipinski definition) is 5. The van der Waals surface area contributed by atoms with Gasteiger partial charge in [-0.05, 0) is 102 Å². The van der Waals surface area contributed by atoms with Crippen LogP contribution < -0.4 is 21.8 Å². The molecule has 6 N–H and O–H groups in total. The Morgan fingerprint density at radius 1 is 0.614 bits per heavy atom. The van der Waals surface area contributed by atoms with Crippen LogP contribution in [0.1, 0.15) is 99.2 Å². The van der Waals surface area contributed by atoms with Crippen LogP contribution in [0.5, 0.6) is 0 Å². The molecule has 4 rings (SSSR count). The van der Waals surface area contributed by atoms with Gasteiger partial charge in [0.25, 0.3) is 23.6 Å². The van der Waals surface area contributed by atoms with E-state index in [-0.39, 0.29) is 31.9 Å². The van der Waals surface area contributed by atoms with E-state index >= 15 is 0 Å². The van der Waals surface area contributed by atoms with Crippen molar-refractivity contribution in [1.82, 2.24) is 25.9 Å². The maximum absolute atomic E-state index is 13.4. The van der Waals surface area contributed by atoms with Gasteiger partial charge in [0.15, 0.2) is 0 Å². The molecule has 0 bridgehead atoms. The summed E-state index contributed by atoms with van der Waals surface area (Å²) in [7, 11) is 0. The summed E-state index contributed by atoms with van der Waals surface area (Å²) >= 11 is 0. The Kier molecular flexibility index (Phi) is 13.7. The van der Waals surface area contributed by atoms with Crippen molar-refractivity contribution in [2.75, 3.05) is 45.8 Å². The van der Waals surface area contributed by atoms with Crippen molar-refractivity contribution in [3.8, 4) is 0 Å². The van der Waals surface area contributed by atoms with E-state index < -0.39 is 29.5 Å². The van der Waals surface area contributed by atoms with Gasteiger partial charge in [0.2, 0.25) is 5.91 Å². The van der Waals surface area contributed by atoms with Gasteiger partial charge in [0.05, 0.1) is 0 Å². The molecule has 0 atom stereocenters. The third-order valence-corrected chi connectivity index (χ3v) is 7.97. The van der Waals surface area contributed by atoms with E-state index in [9.17, 15) is 24.0 Å². The largest absolute Gasteiger partial charge is 0.330 e. The molecule has 0 fully saturated rings. The van der Waals surface area contributed by atoms with Crippen molar-refractivity contribution >= 4 is 52.7 Å². The third kappa shape index (κ3) is 7.99. The van der Waals surface area contributed by atoms with Gasteiger partial charge >= 0.3 is 0 Å². The molecule has 0 saturated carbocycles. The molecule has 0 unspecified atom stereocenters. The summed E-state index contributed by atoms with van der Waals surface area (Å²) in [5.41, 5.74) is 8.30. The first-order valence-electron chi connectivity index (χ1n) is 15.3. The Balaban J connectivity index is 0.00000529. The van der Waals surface area contributed by atoms with Gasteiger partial charge in [0.1, 0.15) is 0 Å². The molecule has 2 aliphatic heterocycles. The molecule has 2 aromatic rings. The number of rotatable bonds is 19. The highest BCUT2D eigenvalue weighted by molar-refractivity contribution is 6.33. The second-order valence-electron chi connectivity index (χ2n) is 11.0. The molecule has 0 saturated heterocycles. The number of carbonyl (C=O) groups excluding carboxylic acids is 5. The van der Waals surface area contributed by atoms with Crippen LogP contribution in [-0.2, 0) is 4.79 Å². The number of nitrogens with two attached hydrogens (primary N) is 1. The van der Waals surface area contributed by atoms with Crippen LogP contribution in [0.25, 0.3) is 10.8 Å². The Bertz CT molecular complexity index is 1300. The molecule has 0 aliphatic carbocycles. The van der Waals surface area contributed by atoms with E-state index in [1.165, 1.54) is 9.80 Å². The second-order valence-corrected chi connectivity index (χ2v) is 11.0. The van der Waals surface area contributed by atoms with E-state index in [4.69, 9.17) is 10.9 Å². The van der Waals surface area contributed by atoms with E-state index in [1.54, 1.807) is 29.7 Å². The molecule has 44 heavy (non-hydrogen) atoms. The van der Waals surface area contributed by atoms with Crippen molar-refractivity contribution in [2.45, 2.75) is 57.8 Å². The quantitative estimate of drug-likeness (QED) is 0.0676. The standard InChI is InChI=1S/C31H42N6O6.ClH/c32-14-3-4-15-33-16-5-6-17-34-18-8-20-37-30(41)23-12-10-21-26-22(11-13-24(27(23)26)31(37)42)29(40)36(28(21)39)19-7-1-2-9-25(38)35-43;/h10-13,33-34,43H,1-9,14-20,32H2,(H,35,38);1H. The zero-order valence-electron chi connectivity index (χ0n) is 25.0. The summed E-state index contributed by atoms with van der Waals surface area (Å²) in [6.07, 6.45) is 6.59. The van der Waals surface area contributed by atoms with Crippen molar-refractivity contribution in [3.05, 3.63) is 46.5 Å². The first kappa shape index (κ1) is 35.1. The number of hydrogen-bond acceptors (Lipinski definition) is 9. The fraction of sp³-hybridized carbons (Fsp3) is 0.516. The van der Waals surface area contributed by atoms with Crippen LogP contribution >= 0.6 is 12.4 Å². The summed E-state index contributed by atoms with van der Waals surface area (Å²) in [5.74, 6) is -2.26.